The number of nitrogens with zero attached hydrogens (tertiary/aromatic N) is 2. The predicted octanol–water partition coefficient (Wildman–Crippen LogP) is 3.66. The number of amidine groups is 1. The van der Waals surface area contributed by atoms with Crippen LogP contribution in [-0.2, 0) is 14.4 Å². The number of carbonyl (C=O) groups excluding carboxylic acids is 4. The van der Waals surface area contributed by atoms with Crippen molar-refractivity contribution in [2.75, 3.05) is 6.61 Å². The van der Waals surface area contributed by atoms with Gasteiger partial charge in [-0.05, 0) is 54.8 Å². The van der Waals surface area contributed by atoms with Crippen LogP contribution in [0.5, 0.6) is 5.75 Å². The summed E-state index contributed by atoms with van der Waals surface area (Å²) in [5.41, 5.74) is -0.0253. The lowest BCUT2D eigenvalue weighted by molar-refractivity contribution is -0.142. The molecular formula is C23H25N3O5S. The molecule has 3 aliphatic rings. The van der Waals surface area contributed by atoms with Gasteiger partial charge in [0, 0.05) is 6.42 Å². The summed E-state index contributed by atoms with van der Waals surface area (Å²) in [6.07, 6.45) is 7.34. The molecule has 0 unspecified atom stereocenters. The molecule has 2 aliphatic heterocycles. The van der Waals surface area contributed by atoms with E-state index in [9.17, 15) is 19.2 Å². The quantitative estimate of drug-likeness (QED) is 0.629. The summed E-state index contributed by atoms with van der Waals surface area (Å²) in [4.78, 5) is 55.2. The monoisotopic (exact) mass is 455 g/mol. The molecule has 168 valence electrons. The number of imide groups is 2. The Labute approximate surface area is 190 Å². The maximum absolute atomic E-state index is 13.1. The molecule has 1 N–H and O–H groups in total. The van der Waals surface area contributed by atoms with Crippen molar-refractivity contribution in [1.82, 2.24) is 10.2 Å². The molecule has 1 saturated carbocycles. The van der Waals surface area contributed by atoms with Gasteiger partial charge in [0.1, 0.15) is 17.1 Å². The summed E-state index contributed by atoms with van der Waals surface area (Å²) in [6.45, 7) is 1.80. The van der Waals surface area contributed by atoms with Gasteiger partial charge in [0.05, 0.1) is 4.91 Å². The van der Waals surface area contributed by atoms with E-state index >= 15 is 0 Å². The number of hydrogen-bond donors (Lipinski definition) is 1. The number of ether oxygens (including phenoxy) is 1. The van der Waals surface area contributed by atoms with E-state index in [1.807, 2.05) is 0 Å². The van der Waals surface area contributed by atoms with Gasteiger partial charge in [0.2, 0.25) is 0 Å². The molecule has 1 aromatic carbocycles. The van der Waals surface area contributed by atoms with Crippen LogP contribution in [0.15, 0.2) is 34.2 Å². The van der Waals surface area contributed by atoms with Crippen LogP contribution in [0.3, 0.4) is 0 Å². The Morgan fingerprint density at radius 2 is 1.94 bits per heavy atom. The molecular weight excluding hydrogens is 430 g/mol. The number of hydrogen-bond acceptors (Lipinski definition) is 7. The maximum atomic E-state index is 13.1. The third kappa shape index (κ3) is 4.48. The second-order valence-electron chi connectivity index (χ2n) is 8.11. The average molecular weight is 456 g/mol. The minimum Gasteiger partial charge on any atom is -0.484 e. The van der Waals surface area contributed by atoms with Crippen LogP contribution in [0, 0.1) is 0 Å². The zero-order chi connectivity index (χ0) is 22.7. The van der Waals surface area contributed by atoms with Gasteiger partial charge >= 0.3 is 0 Å². The lowest BCUT2D eigenvalue weighted by Crippen LogP contribution is -2.46. The topological polar surface area (TPSA) is 105 Å². The van der Waals surface area contributed by atoms with Crippen LogP contribution in [-0.4, -0.2) is 45.8 Å². The number of amides is 4. The molecule has 1 aliphatic carbocycles. The summed E-state index contributed by atoms with van der Waals surface area (Å²) in [5, 5.41) is 1.82. The number of nitrogens with one attached hydrogen (secondary N) is 1. The fourth-order valence-electron chi connectivity index (χ4n) is 4.16. The van der Waals surface area contributed by atoms with Gasteiger partial charge in [0.15, 0.2) is 6.61 Å². The Morgan fingerprint density at radius 3 is 2.56 bits per heavy atom. The number of rotatable bonds is 7. The van der Waals surface area contributed by atoms with Crippen molar-refractivity contribution in [2.45, 2.75) is 57.4 Å². The van der Waals surface area contributed by atoms with Gasteiger partial charge in [0.25, 0.3) is 23.0 Å². The van der Waals surface area contributed by atoms with Crippen molar-refractivity contribution in [3.05, 3.63) is 34.7 Å². The zero-order valence-corrected chi connectivity index (χ0v) is 18.7. The molecule has 0 atom stereocenters. The Bertz CT molecular complexity index is 1010. The third-order valence-electron chi connectivity index (χ3n) is 5.82. The van der Waals surface area contributed by atoms with Crippen molar-refractivity contribution in [1.29, 1.82) is 0 Å². The van der Waals surface area contributed by atoms with Crippen molar-refractivity contribution in [3.8, 4) is 5.75 Å². The first kappa shape index (κ1) is 22.3. The molecule has 2 fully saturated rings. The average Bonchev–Trinajstić information content (AvgIpc) is 3.45. The fraction of sp³-hybridized carbons (Fsp3) is 0.435. The molecule has 1 spiro atoms. The van der Waals surface area contributed by atoms with Gasteiger partial charge in [-0.15, -0.1) is 0 Å². The van der Waals surface area contributed by atoms with Crippen LogP contribution < -0.4 is 10.1 Å². The Hall–Kier alpha value is -2.94. The minimum absolute atomic E-state index is 0.210. The van der Waals surface area contributed by atoms with Gasteiger partial charge in [-0.2, -0.15) is 0 Å². The summed E-state index contributed by atoms with van der Waals surface area (Å²) >= 11 is 0.852. The predicted molar refractivity (Wildman–Crippen MR) is 121 cm³/mol. The summed E-state index contributed by atoms with van der Waals surface area (Å²) in [5.74, 6) is 0.00305. The largest absolute Gasteiger partial charge is 0.484 e. The lowest BCUT2D eigenvalue weighted by atomic mass is 9.98. The van der Waals surface area contributed by atoms with E-state index in [0.717, 1.165) is 43.0 Å². The number of aliphatic imine (C=N–C) groups is 1. The van der Waals surface area contributed by atoms with Crippen LogP contribution >= 0.6 is 11.8 Å². The highest BCUT2D eigenvalue weighted by Crippen LogP contribution is 2.39. The molecule has 2 heterocycles. The fourth-order valence-corrected chi connectivity index (χ4v) is 4.84. The van der Waals surface area contributed by atoms with E-state index in [1.54, 1.807) is 30.3 Å². The van der Waals surface area contributed by atoms with E-state index < -0.39 is 22.6 Å². The molecule has 4 rings (SSSR count). The first-order valence-corrected chi connectivity index (χ1v) is 11.7. The summed E-state index contributed by atoms with van der Waals surface area (Å²) < 4.78 is 5.64. The van der Waals surface area contributed by atoms with E-state index in [0.29, 0.717) is 35.8 Å². The molecule has 0 radical (unpaired) electrons. The van der Waals surface area contributed by atoms with Crippen molar-refractivity contribution >= 4 is 46.6 Å². The highest BCUT2D eigenvalue weighted by Gasteiger charge is 2.51. The number of unbranched alkanes of at least 4 members (excludes halogenated alkanes) is 1. The minimum atomic E-state index is -0.750. The highest BCUT2D eigenvalue weighted by molar-refractivity contribution is 8.18. The first-order valence-electron chi connectivity index (χ1n) is 10.9. The van der Waals surface area contributed by atoms with E-state index in [-0.39, 0.29) is 12.5 Å². The van der Waals surface area contributed by atoms with Crippen LogP contribution in [0.2, 0.25) is 0 Å². The van der Waals surface area contributed by atoms with Crippen molar-refractivity contribution in [3.63, 3.8) is 0 Å². The molecule has 9 heteroatoms. The van der Waals surface area contributed by atoms with E-state index in [1.165, 1.54) is 4.90 Å². The normalized spacial score (nSPS) is 20.9. The molecule has 32 heavy (non-hydrogen) atoms. The number of benzene rings is 1. The Kier molecular flexibility index (Phi) is 6.45. The van der Waals surface area contributed by atoms with Gasteiger partial charge in [-0.3, -0.25) is 29.5 Å². The Morgan fingerprint density at radius 1 is 1.22 bits per heavy atom. The van der Waals surface area contributed by atoms with Gasteiger partial charge < -0.3 is 4.74 Å². The molecule has 0 aromatic heterocycles. The lowest BCUT2D eigenvalue weighted by Gasteiger charge is -2.21. The molecule has 1 aromatic rings. The SMILES string of the molecule is CCCCC1=NC2(CCCC2)C(=O)N1C(=O)COc1ccc(/C=C2/SC(=O)NC2=O)cc1. The second kappa shape index (κ2) is 9.28. The summed E-state index contributed by atoms with van der Waals surface area (Å²) in [7, 11) is 0. The third-order valence-corrected chi connectivity index (χ3v) is 6.63. The van der Waals surface area contributed by atoms with Crippen LogP contribution in [0.25, 0.3) is 6.08 Å². The maximum Gasteiger partial charge on any atom is 0.290 e. The van der Waals surface area contributed by atoms with Crippen molar-refractivity contribution in [2.24, 2.45) is 4.99 Å². The smallest absolute Gasteiger partial charge is 0.290 e. The number of thioether (sulfide) groups is 1. The second-order valence-corrected chi connectivity index (χ2v) is 9.13. The zero-order valence-electron chi connectivity index (χ0n) is 17.9. The molecule has 8 nitrogen and oxygen atoms in total. The standard InChI is InChI=1S/C23H25N3O5S/c1-2-3-6-18-25-23(11-4-5-12-23)21(29)26(18)19(27)14-31-16-9-7-15(8-10-16)13-17-20(28)24-22(30)32-17/h7-10,13H,2-6,11-12,14H2,1H3,(H,24,28,30)/b17-13+. The Balaban J connectivity index is 1.40. The van der Waals surface area contributed by atoms with E-state index in [2.05, 4.69) is 12.2 Å². The molecule has 0 bridgehead atoms. The van der Waals surface area contributed by atoms with Crippen LogP contribution in [0.1, 0.15) is 57.4 Å². The summed E-state index contributed by atoms with van der Waals surface area (Å²) in [6, 6.07) is 6.81. The molecule has 1 saturated heterocycles. The van der Waals surface area contributed by atoms with E-state index in [4.69, 9.17) is 9.73 Å². The van der Waals surface area contributed by atoms with Crippen LogP contribution in [0.4, 0.5) is 4.79 Å². The van der Waals surface area contributed by atoms with Gasteiger partial charge in [-0.1, -0.05) is 38.3 Å². The number of carbonyl (C=O) groups is 4. The molecule has 4 amide bonds. The first-order chi connectivity index (χ1) is 15.4. The van der Waals surface area contributed by atoms with Gasteiger partial charge in [-0.25, -0.2) is 4.90 Å². The van der Waals surface area contributed by atoms with Crippen molar-refractivity contribution < 1.29 is 23.9 Å². The highest BCUT2D eigenvalue weighted by atomic mass is 32.2.